The molecule has 1 saturated heterocycles. The molecule has 1 aliphatic heterocycles. The maximum Gasteiger partial charge on any atom is 0.137 e. The van der Waals surface area contributed by atoms with Crippen LogP contribution in [0.4, 0.5) is 14.5 Å². The fourth-order valence-electron chi connectivity index (χ4n) is 3.84. The molecule has 1 atom stereocenters. The zero-order valence-corrected chi connectivity index (χ0v) is 16.6. The van der Waals surface area contributed by atoms with Crippen LogP contribution in [0.3, 0.4) is 0 Å². The molecule has 0 bridgehead atoms. The van der Waals surface area contributed by atoms with Crippen LogP contribution in [-0.2, 0) is 0 Å². The minimum atomic E-state index is -1.27. The first-order valence-corrected chi connectivity index (χ1v) is 10.1. The molecule has 2 aromatic carbocycles. The Morgan fingerprint density at radius 3 is 2.33 bits per heavy atom. The molecule has 0 aromatic heterocycles. The molecule has 0 radical (unpaired) electrons. The molecule has 0 aliphatic carbocycles. The molecule has 3 rings (SSSR count). The first-order chi connectivity index (χ1) is 13.0. The van der Waals surface area contributed by atoms with Gasteiger partial charge in [0.15, 0.2) is 0 Å². The maximum absolute atomic E-state index is 15.3. The summed E-state index contributed by atoms with van der Waals surface area (Å²) in [6, 6.07) is 11.4. The first kappa shape index (κ1) is 19.8. The normalized spacial score (nSPS) is 16.6. The summed E-state index contributed by atoms with van der Waals surface area (Å²) in [5.74, 6) is -0.416. The Morgan fingerprint density at radius 1 is 1.00 bits per heavy atom. The van der Waals surface area contributed by atoms with Crippen molar-refractivity contribution in [1.82, 2.24) is 4.90 Å². The SMILES string of the molecule is CCCC(F)c1cc(N2CCN(CC)CC2)cc(-c2ccccc2C)c1F. The predicted molar refractivity (Wildman–Crippen MR) is 110 cm³/mol. The quantitative estimate of drug-likeness (QED) is 0.637. The number of benzene rings is 2. The van der Waals surface area contributed by atoms with Crippen molar-refractivity contribution in [2.24, 2.45) is 0 Å². The molecule has 1 heterocycles. The molecule has 0 saturated carbocycles. The number of hydrogen-bond donors (Lipinski definition) is 0. The largest absolute Gasteiger partial charge is 0.369 e. The van der Waals surface area contributed by atoms with Gasteiger partial charge in [0, 0.05) is 43.0 Å². The molecule has 1 aliphatic rings. The van der Waals surface area contributed by atoms with Gasteiger partial charge in [-0.1, -0.05) is 44.5 Å². The Morgan fingerprint density at radius 2 is 1.70 bits per heavy atom. The van der Waals surface area contributed by atoms with E-state index >= 15 is 4.39 Å². The van der Waals surface area contributed by atoms with Gasteiger partial charge in [0.25, 0.3) is 0 Å². The van der Waals surface area contributed by atoms with E-state index in [9.17, 15) is 4.39 Å². The molecule has 1 fully saturated rings. The number of alkyl halides is 1. The molecule has 1 unspecified atom stereocenters. The zero-order chi connectivity index (χ0) is 19.4. The van der Waals surface area contributed by atoms with Crippen molar-refractivity contribution in [1.29, 1.82) is 0 Å². The fraction of sp³-hybridized carbons (Fsp3) is 0.478. The highest BCUT2D eigenvalue weighted by molar-refractivity contribution is 5.73. The van der Waals surface area contributed by atoms with E-state index in [0.29, 0.717) is 18.4 Å². The lowest BCUT2D eigenvalue weighted by molar-refractivity contribution is 0.271. The molecule has 2 nitrogen and oxygen atoms in total. The topological polar surface area (TPSA) is 6.48 Å². The summed E-state index contributed by atoms with van der Waals surface area (Å²) in [6.07, 6.45) is -0.230. The molecule has 0 N–H and O–H groups in total. The minimum absolute atomic E-state index is 0.200. The lowest BCUT2D eigenvalue weighted by Crippen LogP contribution is -2.46. The summed E-state index contributed by atoms with van der Waals surface area (Å²) >= 11 is 0. The number of halogens is 2. The molecular weight excluding hydrogens is 342 g/mol. The highest BCUT2D eigenvalue weighted by Gasteiger charge is 2.23. The average Bonchev–Trinajstić information content (AvgIpc) is 2.69. The summed E-state index contributed by atoms with van der Waals surface area (Å²) in [5.41, 5.74) is 3.48. The second-order valence-electron chi connectivity index (χ2n) is 7.39. The summed E-state index contributed by atoms with van der Waals surface area (Å²) in [4.78, 5) is 4.66. The highest BCUT2D eigenvalue weighted by atomic mass is 19.1. The van der Waals surface area contributed by atoms with Crippen LogP contribution in [0, 0.1) is 12.7 Å². The van der Waals surface area contributed by atoms with Gasteiger partial charge >= 0.3 is 0 Å². The summed E-state index contributed by atoms with van der Waals surface area (Å²) in [5, 5.41) is 0. The number of anilines is 1. The molecular formula is C23H30F2N2. The molecule has 27 heavy (non-hydrogen) atoms. The summed E-state index contributed by atoms with van der Waals surface area (Å²) in [6.45, 7) is 10.8. The third kappa shape index (κ3) is 4.32. The van der Waals surface area contributed by atoms with Gasteiger partial charge < -0.3 is 9.80 Å². The van der Waals surface area contributed by atoms with Gasteiger partial charge in [-0.05, 0) is 43.1 Å². The molecule has 0 spiro atoms. The van der Waals surface area contributed by atoms with Gasteiger partial charge in [-0.3, -0.25) is 0 Å². The number of likely N-dealkylation sites (N-methyl/N-ethyl adjacent to an activating group) is 1. The van der Waals surface area contributed by atoms with Crippen LogP contribution in [0.15, 0.2) is 36.4 Å². The van der Waals surface area contributed by atoms with Crippen molar-refractivity contribution in [3.8, 4) is 11.1 Å². The highest BCUT2D eigenvalue weighted by Crippen LogP contribution is 2.37. The van der Waals surface area contributed by atoms with Gasteiger partial charge in [-0.25, -0.2) is 8.78 Å². The van der Waals surface area contributed by atoms with Crippen molar-refractivity contribution in [3.63, 3.8) is 0 Å². The summed E-state index contributed by atoms with van der Waals surface area (Å²) < 4.78 is 30.1. The van der Waals surface area contributed by atoms with Crippen LogP contribution in [-0.4, -0.2) is 37.6 Å². The Labute approximate surface area is 161 Å². The van der Waals surface area contributed by atoms with E-state index in [4.69, 9.17) is 0 Å². The number of nitrogens with zero attached hydrogens (tertiary/aromatic N) is 2. The van der Waals surface area contributed by atoms with E-state index in [0.717, 1.165) is 49.5 Å². The Bertz CT molecular complexity index is 767. The van der Waals surface area contributed by atoms with E-state index in [2.05, 4.69) is 16.7 Å². The van der Waals surface area contributed by atoms with Gasteiger partial charge in [-0.15, -0.1) is 0 Å². The predicted octanol–water partition coefficient (Wildman–Crippen LogP) is 5.75. The zero-order valence-electron chi connectivity index (χ0n) is 16.6. The standard InChI is InChI=1S/C23H30F2N2/c1-4-8-22(24)21-16-18(27-13-11-26(5-2)12-14-27)15-20(23(21)25)19-10-7-6-9-17(19)3/h6-7,9-10,15-16,22H,4-5,8,11-14H2,1-3H3. The number of piperazine rings is 1. The van der Waals surface area contributed by atoms with E-state index < -0.39 is 12.0 Å². The second kappa shape index (κ2) is 8.83. The minimum Gasteiger partial charge on any atom is -0.369 e. The monoisotopic (exact) mass is 372 g/mol. The van der Waals surface area contributed by atoms with E-state index in [1.807, 2.05) is 44.2 Å². The number of aryl methyl sites for hydroxylation is 1. The van der Waals surface area contributed by atoms with Crippen LogP contribution in [0.2, 0.25) is 0 Å². The van der Waals surface area contributed by atoms with Crippen LogP contribution >= 0.6 is 0 Å². The Kier molecular flexibility index (Phi) is 6.48. The van der Waals surface area contributed by atoms with E-state index in [-0.39, 0.29) is 5.56 Å². The average molecular weight is 373 g/mol. The second-order valence-corrected chi connectivity index (χ2v) is 7.39. The third-order valence-electron chi connectivity index (χ3n) is 5.58. The van der Waals surface area contributed by atoms with Crippen LogP contribution in [0.25, 0.3) is 11.1 Å². The smallest absolute Gasteiger partial charge is 0.137 e. The van der Waals surface area contributed by atoms with Crippen molar-refractivity contribution in [2.45, 2.75) is 39.8 Å². The number of rotatable bonds is 6. The molecule has 2 aromatic rings. The van der Waals surface area contributed by atoms with Crippen molar-refractivity contribution >= 4 is 5.69 Å². The van der Waals surface area contributed by atoms with Crippen molar-refractivity contribution in [2.75, 3.05) is 37.6 Å². The van der Waals surface area contributed by atoms with Gasteiger partial charge in [0.1, 0.15) is 12.0 Å². The Hall–Kier alpha value is -1.94. The molecule has 146 valence electrons. The van der Waals surface area contributed by atoms with Gasteiger partial charge in [0.05, 0.1) is 0 Å². The van der Waals surface area contributed by atoms with Crippen LogP contribution < -0.4 is 4.90 Å². The van der Waals surface area contributed by atoms with Crippen molar-refractivity contribution < 1.29 is 8.78 Å². The van der Waals surface area contributed by atoms with E-state index in [1.54, 1.807) is 6.07 Å². The van der Waals surface area contributed by atoms with Crippen molar-refractivity contribution in [3.05, 3.63) is 53.3 Å². The molecule has 0 amide bonds. The van der Waals surface area contributed by atoms with E-state index in [1.165, 1.54) is 0 Å². The van der Waals surface area contributed by atoms with Crippen LogP contribution in [0.5, 0.6) is 0 Å². The summed E-state index contributed by atoms with van der Waals surface area (Å²) in [7, 11) is 0. The number of hydrogen-bond acceptors (Lipinski definition) is 2. The third-order valence-corrected chi connectivity index (χ3v) is 5.58. The van der Waals surface area contributed by atoms with Gasteiger partial charge in [-0.2, -0.15) is 0 Å². The van der Waals surface area contributed by atoms with Crippen LogP contribution in [0.1, 0.15) is 44.0 Å². The lowest BCUT2D eigenvalue weighted by atomic mass is 9.94. The Balaban J connectivity index is 2.05. The fourth-order valence-corrected chi connectivity index (χ4v) is 3.84. The van der Waals surface area contributed by atoms with Gasteiger partial charge in [0.2, 0.25) is 0 Å². The molecule has 4 heteroatoms. The first-order valence-electron chi connectivity index (χ1n) is 10.1. The maximum atomic E-state index is 15.3. The lowest BCUT2D eigenvalue weighted by Gasteiger charge is -2.36.